The first-order valence-corrected chi connectivity index (χ1v) is 7.87. The molecule has 3 N–H and O–H groups in total. The number of halogens is 3. The zero-order valence-corrected chi connectivity index (χ0v) is 12.5. The van der Waals surface area contributed by atoms with Gasteiger partial charge in [-0.2, -0.15) is 0 Å². The van der Waals surface area contributed by atoms with Crippen molar-refractivity contribution in [3.8, 4) is 5.75 Å². The van der Waals surface area contributed by atoms with Crippen molar-refractivity contribution in [2.75, 3.05) is 6.54 Å². The molecule has 2 amide bonds. The average Bonchev–Trinajstić information content (AvgIpc) is 2.76. The van der Waals surface area contributed by atoms with Crippen LogP contribution in [0, 0.1) is 5.92 Å². The van der Waals surface area contributed by atoms with E-state index in [2.05, 4.69) is 10.1 Å². The molecule has 0 spiro atoms. The molecule has 2 atom stereocenters. The lowest BCUT2D eigenvalue weighted by atomic mass is 10.1. The molecule has 1 fully saturated rings. The first-order chi connectivity index (χ1) is 11.0. The van der Waals surface area contributed by atoms with Gasteiger partial charge in [-0.05, 0) is 12.1 Å². The molecule has 1 aliphatic rings. The number of carbonyl (C=O) groups is 2. The monoisotopic (exact) mass is 368 g/mol. The topological polar surface area (TPSA) is 122 Å². The molecule has 0 radical (unpaired) electrons. The molecule has 8 nitrogen and oxygen atoms in total. The molecular weight excluding hydrogens is 357 g/mol. The van der Waals surface area contributed by atoms with Crippen LogP contribution in [0.3, 0.4) is 0 Å². The van der Waals surface area contributed by atoms with Gasteiger partial charge in [-0.15, -0.1) is 13.2 Å². The van der Waals surface area contributed by atoms with Gasteiger partial charge in [0.05, 0.1) is 6.10 Å². The third kappa shape index (κ3) is 3.94. The molecule has 1 heterocycles. The lowest BCUT2D eigenvalue weighted by Crippen LogP contribution is -2.42. The van der Waals surface area contributed by atoms with Gasteiger partial charge in [0, 0.05) is 6.54 Å². The maximum absolute atomic E-state index is 12.3. The third-order valence-electron chi connectivity index (χ3n) is 3.03. The summed E-state index contributed by atoms with van der Waals surface area (Å²) in [6.45, 7) is -0.245. The first kappa shape index (κ1) is 18.0. The number of aliphatic hydroxyl groups excluding tert-OH is 1. The predicted octanol–water partition coefficient (Wildman–Crippen LogP) is -0.503. The van der Waals surface area contributed by atoms with Gasteiger partial charge in [-0.3, -0.25) is 9.59 Å². The van der Waals surface area contributed by atoms with Crippen LogP contribution in [-0.4, -0.2) is 44.3 Å². The van der Waals surface area contributed by atoms with Gasteiger partial charge in [-0.25, -0.2) is 13.1 Å². The van der Waals surface area contributed by atoms with Crippen LogP contribution in [0.5, 0.6) is 5.75 Å². The van der Waals surface area contributed by atoms with Gasteiger partial charge in [0.1, 0.15) is 16.6 Å². The standard InChI is InChI=1S/C12H11F3N2O6S/c13-12(14,15)23-7-3-1-2-4-8(7)24(21,22)17-11(20)9-6(18)5-16-10(9)19/h1-4,6,9,18H,5H2,(H,16,19)(H,17,20). The minimum absolute atomic E-state index is 0.245. The molecule has 0 aromatic heterocycles. The van der Waals surface area contributed by atoms with Gasteiger partial charge in [-0.1, -0.05) is 12.1 Å². The van der Waals surface area contributed by atoms with Crippen LogP contribution in [-0.2, 0) is 19.6 Å². The van der Waals surface area contributed by atoms with E-state index in [1.54, 1.807) is 0 Å². The second-order valence-corrected chi connectivity index (χ2v) is 6.41. The lowest BCUT2D eigenvalue weighted by molar-refractivity contribution is -0.275. The van der Waals surface area contributed by atoms with Gasteiger partial charge in [0.2, 0.25) is 11.8 Å². The number of alkyl halides is 3. The molecule has 24 heavy (non-hydrogen) atoms. The Hall–Kier alpha value is -2.34. The highest BCUT2D eigenvalue weighted by Crippen LogP contribution is 2.29. The Kier molecular flexibility index (Phi) is 4.71. The number of benzene rings is 1. The number of hydrogen-bond donors (Lipinski definition) is 3. The summed E-state index contributed by atoms with van der Waals surface area (Å²) in [4.78, 5) is 22.3. The maximum atomic E-state index is 12.3. The number of amides is 2. The van der Waals surface area contributed by atoms with Crippen molar-refractivity contribution in [1.82, 2.24) is 10.0 Å². The third-order valence-corrected chi connectivity index (χ3v) is 4.42. The fraction of sp³-hybridized carbons (Fsp3) is 0.333. The summed E-state index contributed by atoms with van der Waals surface area (Å²) in [6, 6.07) is 3.78. The molecule has 1 aliphatic heterocycles. The van der Waals surface area contributed by atoms with E-state index in [0.717, 1.165) is 24.3 Å². The zero-order chi connectivity index (χ0) is 18.1. The molecule has 0 bridgehead atoms. The number of sulfonamides is 1. The van der Waals surface area contributed by atoms with E-state index < -0.39 is 50.9 Å². The Morgan fingerprint density at radius 1 is 1.33 bits per heavy atom. The summed E-state index contributed by atoms with van der Waals surface area (Å²) in [6.07, 6.45) is -6.59. The zero-order valence-electron chi connectivity index (χ0n) is 11.7. The van der Waals surface area contributed by atoms with Crippen LogP contribution < -0.4 is 14.8 Å². The predicted molar refractivity (Wildman–Crippen MR) is 71.0 cm³/mol. The number of aliphatic hydroxyl groups is 1. The van der Waals surface area contributed by atoms with Crippen LogP contribution in [0.4, 0.5) is 13.2 Å². The van der Waals surface area contributed by atoms with E-state index in [4.69, 9.17) is 0 Å². The van der Waals surface area contributed by atoms with Crippen molar-refractivity contribution in [1.29, 1.82) is 0 Å². The van der Waals surface area contributed by atoms with E-state index in [1.165, 1.54) is 4.72 Å². The van der Waals surface area contributed by atoms with Gasteiger partial charge in [0.15, 0.2) is 0 Å². The van der Waals surface area contributed by atoms with Crippen molar-refractivity contribution in [2.45, 2.75) is 17.4 Å². The number of rotatable bonds is 4. The van der Waals surface area contributed by atoms with Gasteiger partial charge >= 0.3 is 6.36 Å². The number of hydrogen-bond acceptors (Lipinski definition) is 6. The second kappa shape index (κ2) is 6.28. The average molecular weight is 368 g/mol. The van der Waals surface area contributed by atoms with Crippen molar-refractivity contribution in [3.63, 3.8) is 0 Å². The SMILES string of the molecule is O=C1NCC(O)C1C(=O)NS(=O)(=O)c1ccccc1OC(F)(F)F. The van der Waals surface area contributed by atoms with Gasteiger partial charge < -0.3 is 15.2 Å². The molecule has 12 heteroatoms. The normalized spacial score (nSPS) is 21.2. The maximum Gasteiger partial charge on any atom is 0.573 e. The molecule has 2 rings (SSSR count). The van der Waals surface area contributed by atoms with E-state index in [1.807, 2.05) is 0 Å². The lowest BCUT2D eigenvalue weighted by Gasteiger charge is -2.15. The highest BCUT2D eigenvalue weighted by molar-refractivity contribution is 7.90. The Morgan fingerprint density at radius 2 is 1.96 bits per heavy atom. The molecule has 2 unspecified atom stereocenters. The molecule has 0 saturated carbocycles. The summed E-state index contributed by atoms with van der Waals surface area (Å²) < 4.78 is 66.3. The Balaban J connectivity index is 2.28. The largest absolute Gasteiger partial charge is 0.573 e. The molecule has 1 aromatic rings. The quantitative estimate of drug-likeness (QED) is 0.616. The minimum atomic E-state index is -5.14. The molecular formula is C12H11F3N2O6S. The van der Waals surface area contributed by atoms with Crippen LogP contribution in [0.2, 0.25) is 0 Å². The van der Waals surface area contributed by atoms with Crippen LogP contribution >= 0.6 is 0 Å². The summed E-state index contributed by atoms with van der Waals surface area (Å²) in [5, 5.41) is 11.6. The molecule has 132 valence electrons. The minimum Gasteiger partial charge on any atom is -0.404 e. The summed E-state index contributed by atoms with van der Waals surface area (Å²) in [5.41, 5.74) is 0. The smallest absolute Gasteiger partial charge is 0.404 e. The van der Waals surface area contributed by atoms with E-state index in [-0.39, 0.29) is 6.54 Å². The van der Waals surface area contributed by atoms with E-state index in [0.29, 0.717) is 0 Å². The second-order valence-electron chi connectivity index (χ2n) is 4.75. The fourth-order valence-corrected chi connectivity index (χ4v) is 3.17. The number of β-amino-alcohol motifs (C(OH)–C–C–N with tert-alkyl or cyclic N) is 1. The van der Waals surface area contributed by atoms with E-state index >= 15 is 0 Å². The highest BCUT2D eigenvalue weighted by Gasteiger charge is 2.41. The van der Waals surface area contributed by atoms with Crippen molar-refractivity contribution < 1.29 is 41.0 Å². The Labute approximate surface area is 133 Å². The van der Waals surface area contributed by atoms with Crippen molar-refractivity contribution in [2.24, 2.45) is 5.92 Å². The van der Waals surface area contributed by atoms with Crippen LogP contribution in [0.15, 0.2) is 29.2 Å². The van der Waals surface area contributed by atoms with Crippen molar-refractivity contribution in [3.05, 3.63) is 24.3 Å². The van der Waals surface area contributed by atoms with Crippen molar-refractivity contribution >= 4 is 21.8 Å². The highest BCUT2D eigenvalue weighted by atomic mass is 32.2. The molecule has 0 aliphatic carbocycles. The summed E-state index contributed by atoms with van der Waals surface area (Å²) >= 11 is 0. The molecule has 1 aromatic carbocycles. The Bertz CT molecular complexity index is 764. The number of carbonyl (C=O) groups excluding carboxylic acids is 2. The summed E-state index contributed by atoms with van der Waals surface area (Å²) in [5.74, 6) is -4.98. The number of nitrogens with one attached hydrogen (secondary N) is 2. The number of para-hydroxylation sites is 1. The fourth-order valence-electron chi connectivity index (χ4n) is 2.03. The van der Waals surface area contributed by atoms with Gasteiger partial charge in [0.25, 0.3) is 10.0 Å². The molecule has 1 saturated heterocycles. The Morgan fingerprint density at radius 3 is 2.50 bits per heavy atom. The van der Waals surface area contributed by atoms with Crippen LogP contribution in [0.1, 0.15) is 0 Å². The first-order valence-electron chi connectivity index (χ1n) is 6.38. The summed E-state index contributed by atoms with van der Waals surface area (Å²) in [7, 11) is -4.76. The number of ether oxygens (including phenoxy) is 1. The van der Waals surface area contributed by atoms with Crippen LogP contribution in [0.25, 0.3) is 0 Å². The van der Waals surface area contributed by atoms with E-state index in [9.17, 15) is 36.3 Å².